The number of carboxylic acid groups (broad SMARTS) is 1. The summed E-state index contributed by atoms with van der Waals surface area (Å²) < 4.78 is 5.08. The van der Waals surface area contributed by atoms with E-state index in [0.29, 0.717) is 0 Å². The van der Waals surface area contributed by atoms with E-state index in [1.165, 1.54) is 0 Å². The van der Waals surface area contributed by atoms with E-state index in [0.717, 1.165) is 5.56 Å². The van der Waals surface area contributed by atoms with Crippen LogP contribution in [-0.4, -0.2) is 35.2 Å². The minimum atomic E-state index is -1.24. The summed E-state index contributed by atoms with van der Waals surface area (Å²) in [6, 6.07) is 6.94. The van der Waals surface area contributed by atoms with E-state index in [9.17, 15) is 14.4 Å². The molecule has 0 saturated carbocycles. The molecule has 2 amide bonds. The topological polar surface area (TPSA) is 105 Å². The van der Waals surface area contributed by atoms with Gasteiger partial charge >= 0.3 is 12.1 Å². The second-order valence-electron chi connectivity index (χ2n) is 5.74. The number of carboxylic acids is 1. The standard InChI is InChI=1S/C18H22N2O5/c1-4-8-14(17(22)23)19-16(21)15(12(2)3)20-18(24)25-11-13-9-6-5-7-10-13/h1,5-7,9-10,12,14-15H,8,11H2,2-3H3,(H,19,21)(H,20,24)(H,22,23)/t14-,15+/m0/s1. The summed E-state index contributed by atoms with van der Waals surface area (Å²) in [7, 11) is 0. The van der Waals surface area contributed by atoms with Gasteiger partial charge in [0, 0.05) is 6.42 Å². The molecule has 7 nitrogen and oxygen atoms in total. The van der Waals surface area contributed by atoms with E-state index in [2.05, 4.69) is 16.6 Å². The number of alkyl carbamates (subject to hydrolysis) is 1. The van der Waals surface area contributed by atoms with Gasteiger partial charge in [0.2, 0.25) is 5.91 Å². The third-order valence-corrected chi connectivity index (χ3v) is 3.37. The molecule has 0 aliphatic heterocycles. The van der Waals surface area contributed by atoms with Gasteiger partial charge in [-0.05, 0) is 11.5 Å². The molecule has 7 heteroatoms. The van der Waals surface area contributed by atoms with Crippen LogP contribution in [0.1, 0.15) is 25.8 Å². The Hall–Kier alpha value is -3.01. The molecule has 0 spiro atoms. The number of terminal acetylenes is 1. The van der Waals surface area contributed by atoms with Gasteiger partial charge < -0.3 is 20.5 Å². The zero-order valence-corrected chi connectivity index (χ0v) is 14.2. The van der Waals surface area contributed by atoms with Crippen molar-refractivity contribution in [1.82, 2.24) is 10.6 Å². The molecule has 25 heavy (non-hydrogen) atoms. The molecule has 1 aromatic rings. The molecule has 0 aliphatic rings. The zero-order chi connectivity index (χ0) is 18.8. The minimum absolute atomic E-state index is 0.0634. The Morgan fingerprint density at radius 2 is 1.84 bits per heavy atom. The maximum absolute atomic E-state index is 12.3. The fourth-order valence-corrected chi connectivity index (χ4v) is 2.01. The Morgan fingerprint density at radius 3 is 2.36 bits per heavy atom. The summed E-state index contributed by atoms with van der Waals surface area (Å²) in [4.78, 5) is 35.3. The van der Waals surface area contributed by atoms with Crippen LogP contribution in [0.3, 0.4) is 0 Å². The molecule has 1 aromatic carbocycles. The molecule has 0 aromatic heterocycles. The quantitative estimate of drug-likeness (QED) is 0.619. The van der Waals surface area contributed by atoms with Gasteiger partial charge in [0.05, 0.1) is 0 Å². The lowest BCUT2D eigenvalue weighted by atomic mass is 10.0. The molecule has 0 heterocycles. The first-order chi connectivity index (χ1) is 11.8. The molecule has 0 fully saturated rings. The third-order valence-electron chi connectivity index (χ3n) is 3.37. The number of rotatable bonds is 8. The second kappa shape index (κ2) is 9.98. The second-order valence-corrected chi connectivity index (χ2v) is 5.74. The van der Waals surface area contributed by atoms with Crippen LogP contribution in [0.15, 0.2) is 30.3 Å². The summed E-state index contributed by atoms with van der Waals surface area (Å²) >= 11 is 0. The van der Waals surface area contributed by atoms with Crippen molar-refractivity contribution in [2.75, 3.05) is 0 Å². The molecule has 0 saturated heterocycles. The monoisotopic (exact) mass is 346 g/mol. The first-order valence-corrected chi connectivity index (χ1v) is 7.79. The summed E-state index contributed by atoms with van der Waals surface area (Å²) in [6.07, 6.45) is 4.19. The van der Waals surface area contributed by atoms with Gasteiger partial charge in [-0.2, -0.15) is 0 Å². The predicted molar refractivity (Wildman–Crippen MR) is 91.4 cm³/mol. The average Bonchev–Trinajstić information content (AvgIpc) is 2.57. The molecule has 0 radical (unpaired) electrons. The number of benzene rings is 1. The number of amides is 2. The van der Waals surface area contributed by atoms with E-state index in [-0.39, 0.29) is 18.9 Å². The summed E-state index contributed by atoms with van der Waals surface area (Å²) in [5.74, 6) is 0.0548. The van der Waals surface area contributed by atoms with Crippen molar-refractivity contribution in [3.8, 4) is 12.3 Å². The SMILES string of the molecule is C#CC[C@H](NC(=O)[C@H](NC(=O)OCc1ccccc1)C(C)C)C(=O)O. The van der Waals surface area contributed by atoms with E-state index < -0.39 is 30.1 Å². The molecule has 0 unspecified atom stereocenters. The molecule has 0 aliphatic carbocycles. The first kappa shape index (κ1) is 20.0. The smallest absolute Gasteiger partial charge is 0.408 e. The van der Waals surface area contributed by atoms with Gasteiger partial charge in [-0.25, -0.2) is 9.59 Å². The molecule has 3 N–H and O–H groups in total. The Kier molecular flexibility index (Phi) is 8.00. The van der Waals surface area contributed by atoms with Crippen LogP contribution in [0.4, 0.5) is 4.79 Å². The lowest BCUT2D eigenvalue weighted by molar-refractivity contribution is -0.142. The summed E-state index contributed by atoms with van der Waals surface area (Å²) in [5, 5.41) is 13.8. The number of aliphatic carboxylic acids is 1. The lowest BCUT2D eigenvalue weighted by Gasteiger charge is -2.23. The van der Waals surface area contributed by atoms with Crippen molar-refractivity contribution in [2.45, 2.75) is 39.0 Å². The van der Waals surface area contributed by atoms with Crippen LogP contribution in [0, 0.1) is 18.3 Å². The highest BCUT2D eigenvalue weighted by Gasteiger charge is 2.28. The maximum atomic E-state index is 12.3. The average molecular weight is 346 g/mol. The zero-order valence-electron chi connectivity index (χ0n) is 14.2. The fourth-order valence-electron chi connectivity index (χ4n) is 2.01. The number of ether oxygens (including phenoxy) is 1. The van der Waals surface area contributed by atoms with Crippen LogP contribution in [0.25, 0.3) is 0 Å². The molecule has 2 atom stereocenters. The highest BCUT2D eigenvalue weighted by Crippen LogP contribution is 2.05. The molecular formula is C18H22N2O5. The van der Waals surface area contributed by atoms with Crippen LogP contribution in [-0.2, 0) is 20.9 Å². The normalized spacial score (nSPS) is 12.6. The molecule has 0 bridgehead atoms. The van der Waals surface area contributed by atoms with E-state index >= 15 is 0 Å². The minimum Gasteiger partial charge on any atom is -0.480 e. The third kappa shape index (κ3) is 6.96. The van der Waals surface area contributed by atoms with Gasteiger partial charge in [0.25, 0.3) is 0 Å². The maximum Gasteiger partial charge on any atom is 0.408 e. The van der Waals surface area contributed by atoms with E-state index in [1.807, 2.05) is 18.2 Å². The molecular weight excluding hydrogens is 324 g/mol. The Morgan fingerprint density at radius 1 is 1.20 bits per heavy atom. The van der Waals surface area contributed by atoms with Gasteiger partial charge in [-0.15, -0.1) is 12.3 Å². The number of hydrogen-bond donors (Lipinski definition) is 3. The van der Waals surface area contributed by atoms with Gasteiger partial charge in [-0.1, -0.05) is 44.2 Å². The number of nitrogens with one attached hydrogen (secondary N) is 2. The highest BCUT2D eigenvalue weighted by molar-refractivity contribution is 5.89. The lowest BCUT2D eigenvalue weighted by Crippen LogP contribution is -2.53. The fraction of sp³-hybridized carbons (Fsp3) is 0.389. The Balaban J connectivity index is 2.63. The van der Waals surface area contributed by atoms with Crippen LogP contribution < -0.4 is 10.6 Å². The van der Waals surface area contributed by atoms with Crippen molar-refractivity contribution in [1.29, 1.82) is 0 Å². The first-order valence-electron chi connectivity index (χ1n) is 7.79. The molecule has 1 rings (SSSR count). The van der Waals surface area contributed by atoms with Crippen molar-refractivity contribution < 1.29 is 24.2 Å². The van der Waals surface area contributed by atoms with Crippen molar-refractivity contribution in [3.05, 3.63) is 35.9 Å². The van der Waals surface area contributed by atoms with Crippen LogP contribution in [0.5, 0.6) is 0 Å². The van der Waals surface area contributed by atoms with E-state index in [4.69, 9.17) is 16.3 Å². The number of carbonyl (C=O) groups excluding carboxylic acids is 2. The Labute approximate surface area is 146 Å². The van der Waals surface area contributed by atoms with Crippen molar-refractivity contribution in [3.63, 3.8) is 0 Å². The number of carbonyl (C=O) groups is 3. The number of hydrogen-bond acceptors (Lipinski definition) is 4. The van der Waals surface area contributed by atoms with Crippen LogP contribution >= 0.6 is 0 Å². The largest absolute Gasteiger partial charge is 0.480 e. The Bertz CT molecular complexity index is 637. The van der Waals surface area contributed by atoms with Crippen LogP contribution in [0.2, 0.25) is 0 Å². The van der Waals surface area contributed by atoms with Crippen molar-refractivity contribution in [2.24, 2.45) is 5.92 Å². The molecule has 134 valence electrons. The van der Waals surface area contributed by atoms with Crippen molar-refractivity contribution >= 4 is 18.0 Å². The van der Waals surface area contributed by atoms with Gasteiger partial charge in [0.15, 0.2) is 0 Å². The summed E-state index contributed by atoms with van der Waals surface area (Å²) in [5.41, 5.74) is 0.808. The van der Waals surface area contributed by atoms with Gasteiger partial charge in [-0.3, -0.25) is 4.79 Å². The van der Waals surface area contributed by atoms with E-state index in [1.54, 1.807) is 26.0 Å². The summed E-state index contributed by atoms with van der Waals surface area (Å²) in [6.45, 7) is 3.51. The predicted octanol–water partition coefficient (Wildman–Crippen LogP) is 1.53. The highest BCUT2D eigenvalue weighted by atomic mass is 16.5. The van der Waals surface area contributed by atoms with Gasteiger partial charge in [0.1, 0.15) is 18.7 Å².